The van der Waals surface area contributed by atoms with Gasteiger partial charge in [-0.15, -0.1) is 0 Å². The molecule has 0 rings (SSSR count). The number of hydrogen-bond acceptors (Lipinski definition) is 5. The summed E-state index contributed by atoms with van der Waals surface area (Å²) in [6, 6.07) is 0. The van der Waals surface area contributed by atoms with Gasteiger partial charge < -0.3 is 14.6 Å². The molecule has 0 heterocycles. The van der Waals surface area contributed by atoms with Crippen LogP contribution in [0.15, 0.2) is 12.7 Å². The summed E-state index contributed by atoms with van der Waals surface area (Å²) in [7, 11) is 0. The zero-order valence-corrected chi connectivity index (χ0v) is 10.6. The summed E-state index contributed by atoms with van der Waals surface area (Å²) in [6.45, 7) is 8.64. The minimum Gasteiger partial charge on any atom is -0.461 e. The van der Waals surface area contributed by atoms with E-state index >= 15 is 0 Å². The van der Waals surface area contributed by atoms with Crippen LogP contribution in [0.4, 0.5) is 0 Å². The molecule has 5 nitrogen and oxygen atoms in total. The quantitative estimate of drug-likeness (QED) is 0.561. The number of esters is 2. The second kappa shape index (κ2) is 7.06. The van der Waals surface area contributed by atoms with Gasteiger partial charge in [0.25, 0.3) is 0 Å². The average Bonchev–Trinajstić information content (AvgIpc) is 2.20. The molecule has 17 heavy (non-hydrogen) atoms. The first-order chi connectivity index (χ1) is 7.76. The van der Waals surface area contributed by atoms with Crippen LogP contribution >= 0.6 is 0 Å². The van der Waals surface area contributed by atoms with Gasteiger partial charge >= 0.3 is 11.9 Å². The zero-order chi connectivity index (χ0) is 13.5. The summed E-state index contributed by atoms with van der Waals surface area (Å²) in [5.41, 5.74) is -0.651. The molecule has 98 valence electrons. The molecule has 0 fully saturated rings. The summed E-state index contributed by atoms with van der Waals surface area (Å²) < 4.78 is 9.66. The Bertz CT molecular complexity index is 277. The molecule has 1 atom stereocenters. The van der Waals surface area contributed by atoms with E-state index in [1.165, 1.54) is 6.08 Å². The number of ether oxygens (including phenoxy) is 2. The third kappa shape index (κ3) is 8.45. The van der Waals surface area contributed by atoms with Crippen molar-refractivity contribution in [3.8, 4) is 0 Å². The second-order valence-electron chi connectivity index (χ2n) is 4.56. The molecule has 0 radical (unpaired) electrons. The van der Waals surface area contributed by atoms with E-state index in [-0.39, 0.29) is 19.4 Å². The fourth-order valence-electron chi connectivity index (χ4n) is 0.966. The van der Waals surface area contributed by atoms with Crippen molar-refractivity contribution < 1.29 is 24.2 Å². The first-order valence-electron chi connectivity index (χ1n) is 5.43. The summed E-state index contributed by atoms with van der Waals surface area (Å²) in [6.07, 6.45) is 0.104. The standard InChI is InChI=1S/C12H20O5/c1-5-8-16-10(14)7-6-9(13)11(15)17-12(2,3)4/h5,9,13H,1,6-8H2,2-4H3/t9-/m1/s1. The maximum absolute atomic E-state index is 11.3. The van der Waals surface area contributed by atoms with Crippen molar-refractivity contribution in [2.24, 2.45) is 0 Å². The molecule has 0 aliphatic rings. The molecule has 0 amide bonds. The van der Waals surface area contributed by atoms with Crippen molar-refractivity contribution in [2.45, 2.75) is 45.3 Å². The van der Waals surface area contributed by atoms with Crippen LogP contribution < -0.4 is 0 Å². The molecule has 0 saturated carbocycles. The normalized spacial score (nSPS) is 12.7. The average molecular weight is 244 g/mol. The van der Waals surface area contributed by atoms with Crippen molar-refractivity contribution >= 4 is 11.9 Å². The Morgan fingerprint density at radius 3 is 2.47 bits per heavy atom. The van der Waals surface area contributed by atoms with Crippen LogP contribution in [0.1, 0.15) is 33.6 Å². The lowest BCUT2D eigenvalue weighted by Gasteiger charge is -2.21. The highest BCUT2D eigenvalue weighted by atomic mass is 16.6. The van der Waals surface area contributed by atoms with E-state index < -0.39 is 23.6 Å². The first-order valence-corrected chi connectivity index (χ1v) is 5.43. The molecule has 5 heteroatoms. The molecule has 0 saturated heterocycles. The highest BCUT2D eigenvalue weighted by Crippen LogP contribution is 2.10. The van der Waals surface area contributed by atoms with Gasteiger partial charge in [-0.2, -0.15) is 0 Å². The first kappa shape index (κ1) is 15.6. The Balaban J connectivity index is 3.93. The van der Waals surface area contributed by atoms with Crippen LogP contribution in [0.5, 0.6) is 0 Å². The summed E-state index contributed by atoms with van der Waals surface area (Å²) in [5, 5.41) is 9.45. The fraction of sp³-hybridized carbons (Fsp3) is 0.667. The van der Waals surface area contributed by atoms with Gasteiger partial charge in [-0.3, -0.25) is 4.79 Å². The highest BCUT2D eigenvalue weighted by molar-refractivity contribution is 5.76. The lowest BCUT2D eigenvalue weighted by molar-refractivity contribution is -0.165. The summed E-state index contributed by atoms with van der Waals surface area (Å²) in [5.74, 6) is -1.21. The molecule has 0 spiro atoms. The lowest BCUT2D eigenvalue weighted by Crippen LogP contribution is -2.32. The van der Waals surface area contributed by atoms with Crippen LogP contribution in [0.25, 0.3) is 0 Å². The molecule has 0 bridgehead atoms. The monoisotopic (exact) mass is 244 g/mol. The topological polar surface area (TPSA) is 72.8 Å². The Morgan fingerprint density at radius 1 is 1.41 bits per heavy atom. The van der Waals surface area contributed by atoms with E-state index in [4.69, 9.17) is 9.47 Å². The molecular weight excluding hydrogens is 224 g/mol. The van der Waals surface area contributed by atoms with Crippen molar-refractivity contribution in [3.05, 3.63) is 12.7 Å². The predicted molar refractivity (Wildman–Crippen MR) is 62.2 cm³/mol. The van der Waals surface area contributed by atoms with Gasteiger partial charge in [0.2, 0.25) is 0 Å². The van der Waals surface area contributed by atoms with Crippen molar-refractivity contribution in [2.75, 3.05) is 6.61 Å². The van der Waals surface area contributed by atoms with E-state index in [1.54, 1.807) is 20.8 Å². The number of carbonyl (C=O) groups excluding carboxylic acids is 2. The van der Waals surface area contributed by atoms with E-state index in [1.807, 2.05) is 0 Å². The molecule has 0 aliphatic carbocycles. The molecular formula is C12H20O5. The Kier molecular flexibility index (Phi) is 6.50. The summed E-state index contributed by atoms with van der Waals surface area (Å²) >= 11 is 0. The number of aliphatic hydroxyl groups excluding tert-OH is 1. The van der Waals surface area contributed by atoms with Gasteiger partial charge in [0, 0.05) is 6.42 Å². The molecule has 0 unspecified atom stereocenters. The van der Waals surface area contributed by atoms with E-state index in [0.717, 1.165) is 0 Å². The van der Waals surface area contributed by atoms with Crippen molar-refractivity contribution in [1.29, 1.82) is 0 Å². The highest BCUT2D eigenvalue weighted by Gasteiger charge is 2.23. The lowest BCUT2D eigenvalue weighted by atomic mass is 10.1. The van der Waals surface area contributed by atoms with Crippen LogP contribution in [0.3, 0.4) is 0 Å². The minimum atomic E-state index is -1.30. The molecule has 0 aromatic rings. The van der Waals surface area contributed by atoms with Gasteiger partial charge in [0.15, 0.2) is 6.10 Å². The SMILES string of the molecule is C=CCOC(=O)CC[C@@H](O)C(=O)OC(C)(C)C. The summed E-state index contributed by atoms with van der Waals surface area (Å²) in [4.78, 5) is 22.4. The van der Waals surface area contributed by atoms with Gasteiger partial charge in [0.1, 0.15) is 12.2 Å². The van der Waals surface area contributed by atoms with E-state index in [2.05, 4.69) is 6.58 Å². The Labute approximate surface area is 101 Å². The van der Waals surface area contributed by atoms with Gasteiger partial charge in [0.05, 0.1) is 0 Å². The Hall–Kier alpha value is -1.36. The number of aliphatic hydroxyl groups is 1. The predicted octanol–water partition coefficient (Wildman–Crippen LogP) is 1.20. The third-order valence-corrected chi connectivity index (χ3v) is 1.66. The zero-order valence-electron chi connectivity index (χ0n) is 10.6. The van der Waals surface area contributed by atoms with Gasteiger partial charge in [-0.1, -0.05) is 12.7 Å². The number of rotatable bonds is 6. The Morgan fingerprint density at radius 2 is 2.00 bits per heavy atom. The van der Waals surface area contributed by atoms with E-state index in [0.29, 0.717) is 0 Å². The van der Waals surface area contributed by atoms with Crippen LogP contribution in [-0.2, 0) is 19.1 Å². The van der Waals surface area contributed by atoms with Crippen molar-refractivity contribution in [3.63, 3.8) is 0 Å². The van der Waals surface area contributed by atoms with Crippen LogP contribution in [0.2, 0.25) is 0 Å². The molecule has 0 aromatic carbocycles. The van der Waals surface area contributed by atoms with Crippen LogP contribution in [-0.4, -0.2) is 35.4 Å². The van der Waals surface area contributed by atoms with Gasteiger partial charge in [-0.05, 0) is 27.2 Å². The van der Waals surface area contributed by atoms with Crippen LogP contribution in [0, 0.1) is 0 Å². The number of carbonyl (C=O) groups is 2. The molecule has 0 aliphatic heterocycles. The van der Waals surface area contributed by atoms with Crippen molar-refractivity contribution in [1.82, 2.24) is 0 Å². The molecule has 0 aromatic heterocycles. The largest absolute Gasteiger partial charge is 0.461 e. The maximum atomic E-state index is 11.3. The fourth-order valence-corrected chi connectivity index (χ4v) is 0.966. The second-order valence-corrected chi connectivity index (χ2v) is 4.56. The van der Waals surface area contributed by atoms with E-state index in [9.17, 15) is 14.7 Å². The minimum absolute atomic E-state index is 0.00904. The third-order valence-electron chi connectivity index (χ3n) is 1.66. The molecule has 1 N–H and O–H groups in total. The maximum Gasteiger partial charge on any atom is 0.335 e. The smallest absolute Gasteiger partial charge is 0.335 e. The number of hydrogen-bond donors (Lipinski definition) is 1. The van der Waals surface area contributed by atoms with Gasteiger partial charge in [-0.25, -0.2) is 4.79 Å².